The average Bonchev–Trinajstić information content (AvgIpc) is 2.37. The molecule has 0 bridgehead atoms. The summed E-state index contributed by atoms with van der Waals surface area (Å²) in [6.07, 6.45) is 9.28. The lowest BCUT2D eigenvalue weighted by Crippen LogP contribution is -2.36. The number of hydrogen-bond acceptors (Lipinski definition) is 4. The van der Waals surface area contributed by atoms with Crippen molar-refractivity contribution in [3.63, 3.8) is 0 Å². The number of aliphatic hydroxyl groups is 1. The number of aryl methyl sites for hydroxylation is 1. The van der Waals surface area contributed by atoms with E-state index >= 15 is 0 Å². The van der Waals surface area contributed by atoms with Crippen molar-refractivity contribution < 1.29 is 9.90 Å². The Bertz CT molecular complexity index is 429. The molecule has 0 aliphatic rings. The number of rotatable bonds is 7. The molecule has 4 nitrogen and oxygen atoms in total. The van der Waals surface area contributed by atoms with Crippen LogP contribution in [-0.4, -0.2) is 40.7 Å². The zero-order valence-corrected chi connectivity index (χ0v) is 12.1. The molecule has 104 valence electrons. The van der Waals surface area contributed by atoms with E-state index in [1.165, 1.54) is 6.08 Å². The highest BCUT2D eigenvalue weighted by Gasteiger charge is 2.08. The highest BCUT2D eigenvalue weighted by molar-refractivity contribution is 7.98. The van der Waals surface area contributed by atoms with Crippen molar-refractivity contribution in [3.8, 4) is 0 Å². The highest BCUT2D eigenvalue weighted by Crippen LogP contribution is 2.04. The Morgan fingerprint density at radius 1 is 1.58 bits per heavy atom. The van der Waals surface area contributed by atoms with Crippen LogP contribution in [0.2, 0.25) is 0 Å². The van der Waals surface area contributed by atoms with E-state index in [4.69, 9.17) is 5.11 Å². The van der Waals surface area contributed by atoms with E-state index in [0.717, 1.165) is 16.9 Å². The van der Waals surface area contributed by atoms with Crippen LogP contribution in [0.15, 0.2) is 24.5 Å². The number of pyridine rings is 1. The van der Waals surface area contributed by atoms with E-state index in [2.05, 4.69) is 10.3 Å². The molecule has 0 radical (unpaired) electrons. The lowest BCUT2D eigenvalue weighted by molar-refractivity contribution is -0.117. The van der Waals surface area contributed by atoms with Gasteiger partial charge in [0.25, 0.3) is 0 Å². The van der Waals surface area contributed by atoms with Gasteiger partial charge in [-0.2, -0.15) is 11.8 Å². The Kier molecular flexibility index (Phi) is 7.22. The molecule has 0 aliphatic carbocycles. The number of nitrogens with one attached hydrogen (secondary N) is 1. The minimum absolute atomic E-state index is 0.00721. The van der Waals surface area contributed by atoms with Gasteiger partial charge in [-0.15, -0.1) is 0 Å². The SMILES string of the molecule is CSCC(CCO)NC(=O)/C=C/c1cncc(C)c1. The van der Waals surface area contributed by atoms with Crippen molar-refractivity contribution in [3.05, 3.63) is 35.7 Å². The van der Waals surface area contributed by atoms with Crippen LogP contribution in [0.25, 0.3) is 6.08 Å². The maximum atomic E-state index is 11.8. The minimum Gasteiger partial charge on any atom is -0.396 e. The third-order valence-corrected chi connectivity index (χ3v) is 3.25. The predicted octanol–water partition coefficient (Wildman–Crippen LogP) is 1.63. The summed E-state index contributed by atoms with van der Waals surface area (Å²) in [6, 6.07) is 1.97. The highest BCUT2D eigenvalue weighted by atomic mass is 32.2. The summed E-state index contributed by atoms with van der Waals surface area (Å²) in [4.78, 5) is 15.8. The second-order valence-electron chi connectivity index (χ2n) is 4.30. The molecular weight excluding hydrogens is 260 g/mol. The fraction of sp³-hybridized carbons (Fsp3) is 0.429. The maximum absolute atomic E-state index is 11.8. The van der Waals surface area contributed by atoms with E-state index in [0.29, 0.717) is 6.42 Å². The van der Waals surface area contributed by atoms with Crippen LogP contribution in [0.5, 0.6) is 0 Å². The second-order valence-corrected chi connectivity index (χ2v) is 5.21. The van der Waals surface area contributed by atoms with Crippen molar-refractivity contribution in [2.24, 2.45) is 0 Å². The van der Waals surface area contributed by atoms with E-state index in [9.17, 15) is 4.79 Å². The molecule has 2 N–H and O–H groups in total. The molecular formula is C14H20N2O2S. The molecule has 0 aliphatic heterocycles. The molecule has 0 spiro atoms. The molecule has 0 saturated heterocycles. The van der Waals surface area contributed by atoms with E-state index in [1.807, 2.05) is 19.2 Å². The molecule has 0 saturated carbocycles. The standard InChI is InChI=1S/C14H20N2O2S/c1-11-7-12(9-15-8-11)3-4-14(18)16-13(5-6-17)10-19-2/h3-4,7-9,13,17H,5-6,10H2,1-2H3,(H,16,18)/b4-3+. The van der Waals surface area contributed by atoms with Gasteiger partial charge in [0.2, 0.25) is 5.91 Å². The number of amides is 1. The van der Waals surface area contributed by atoms with Gasteiger partial charge >= 0.3 is 0 Å². The van der Waals surface area contributed by atoms with Crippen molar-refractivity contribution in [2.75, 3.05) is 18.6 Å². The van der Waals surface area contributed by atoms with Gasteiger partial charge in [-0.05, 0) is 42.9 Å². The van der Waals surface area contributed by atoms with Crippen LogP contribution in [0.3, 0.4) is 0 Å². The van der Waals surface area contributed by atoms with E-state index in [-0.39, 0.29) is 18.6 Å². The maximum Gasteiger partial charge on any atom is 0.244 e. The van der Waals surface area contributed by atoms with Crippen molar-refractivity contribution in [1.29, 1.82) is 0 Å². The van der Waals surface area contributed by atoms with Crippen molar-refractivity contribution in [1.82, 2.24) is 10.3 Å². The fourth-order valence-electron chi connectivity index (χ4n) is 1.64. The summed E-state index contributed by atoms with van der Waals surface area (Å²) in [7, 11) is 0. The molecule has 19 heavy (non-hydrogen) atoms. The van der Waals surface area contributed by atoms with Gasteiger partial charge in [-0.3, -0.25) is 9.78 Å². The molecule has 1 rings (SSSR count). The second kappa shape index (κ2) is 8.72. The Balaban J connectivity index is 2.53. The molecule has 0 aromatic carbocycles. The summed E-state index contributed by atoms with van der Waals surface area (Å²) >= 11 is 1.65. The fourth-order valence-corrected chi connectivity index (χ4v) is 2.30. The summed E-state index contributed by atoms with van der Waals surface area (Å²) in [5.74, 6) is 0.653. The van der Waals surface area contributed by atoms with Crippen molar-refractivity contribution in [2.45, 2.75) is 19.4 Å². The van der Waals surface area contributed by atoms with Crippen LogP contribution < -0.4 is 5.32 Å². The van der Waals surface area contributed by atoms with Crippen LogP contribution >= 0.6 is 11.8 Å². The van der Waals surface area contributed by atoms with E-state index in [1.54, 1.807) is 30.2 Å². The molecule has 1 heterocycles. The van der Waals surface area contributed by atoms with Gasteiger partial charge in [-0.25, -0.2) is 0 Å². The number of carbonyl (C=O) groups excluding carboxylic acids is 1. The minimum atomic E-state index is -0.144. The smallest absolute Gasteiger partial charge is 0.244 e. The number of nitrogens with zero attached hydrogens (tertiary/aromatic N) is 1. The number of carbonyl (C=O) groups is 1. The first-order valence-electron chi connectivity index (χ1n) is 6.15. The molecule has 1 amide bonds. The van der Waals surface area contributed by atoms with Gasteiger partial charge in [0.1, 0.15) is 0 Å². The molecule has 5 heteroatoms. The van der Waals surface area contributed by atoms with Gasteiger partial charge in [0, 0.05) is 36.9 Å². The zero-order valence-electron chi connectivity index (χ0n) is 11.3. The zero-order chi connectivity index (χ0) is 14.1. The van der Waals surface area contributed by atoms with Crippen molar-refractivity contribution >= 4 is 23.7 Å². The van der Waals surface area contributed by atoms with E-state index < -0.39 is 0 Å². The first-order chi connectivity index (χ1) is 9.15. The van der Waals surface area contributed by atoms with Gasteiger partial charge in [0.05, 0.1) is 0 Å². The summed E-state index contributed by atoms with van der Waals surface area (Å²) < 4.78 is 0. The molecule has 0 fully saturated rings. The number of thioether (sulfide) groups is 1. The van der Waals surface area contributed by atoms with Crippen LogP contribution in [-0.2, 0) is 4.79 Å². The van der Waals surface area contributed by atoms with Crippen LogP contribution in [0.1, 0.15) is 17.5 Å². The lowest BCUT2D eigenvalue weighted by atomic mass is 10.2. The Hall–Kier alpha value is -1.33. The summed E-state index contributed by atoms with van der Waals surface area (Å²) in [5, 5.41) is 11.8. The van der Waals surface area contributed by atoms with Crippen LogP contribution in [0.4, 0.5) is 0 Å². The third-order valence-electron chi connectivity index (χ3n) is 2.52. The van der Waals surface area contributed by atoms with Gasteiger partial charge in [0.15, 0.2) is 0 Å². The first kappa shape index (κ1) is 15.7. The van der Waals surface area contributed by atoms with Crippen LogP contribution in [0, 0.1) is 6.92 Å². The third kappa shape index (κ3) is 6.40. The summed E-state index contributed by atoms with van der Waals surface area (Å²) in [6.45, 7) is 2.04. The largest absolute Gasteiger partial charge is 0.396 e. The Morgan fingerprint density at radius 2 is 2.37 bits per heavy atom. The Labute approximate surface area is 118 Å². The number of aliphatic hydroxyl groups excluding tert-OH is 1. The molecule has 1 unspecified atom stereocenters. The first-order valence-corrected chi connectivity index (χ1v) is 7.55. The molecule has 1 atom stereocenters. The quantitative estimate of drug-likeness (QED) is 0.745. The number of hydrogen-bond donors (Lipinski definition) is 2. The average molecular weight is 280 g/mol. The van der Waals surface area contributed by atoms with Gasteiger partial charge < -0.3 is 10.4 Å². The summed E-state index contributed by atoms with van der Waals surface area (Å²) in [5.41, 5.74) is 1.96. The normalized spacial score (nSPS) is 12.6. The monoisotopic (exact) mass is 280 g/mol. The Morgan fingerprint density at radius 3 is 3.00 bits per heavy atom. The molecule has 1 aromatic rings. The predicted molar refractivity (Wildman–Crippen MR) is 80.0 cm³/mol. The lowest BCUT2D eigenvalue weighted by Gasteiger charge is -2.15. The number of aromatic nitrogens is 1. The molecule has 1 aromatic heterocycles. The van der Waals surface area contributed by atoms with Gasteiger partial charge in [-0.1, -0.05) is 0 Å². The topological polar surface area (TPSA) is 62.2 Å².